The van der Waals surface area contributed by atoms with Crippen molar-refractivity contribution in [2.45, 2.75) is 39.4 Å². The van der Waals surface area contributed by atoms with Gasteiger partial charge >= 0.3 is 0 Å². The molecule has 0 fully saturated rings. The lowest BCUT2D eigenvalue weighted by atomic mass is 10.3. The number of amides is 1. The minimum absolute atomic E-state index is 0.0726. The van der Waals surface area contributed by atoms with Crippen molar-refractivity contribution >= 4 is 5.91 Å². The summed E-state index contributed by atoms with van der Waals surface area (Å²) in [6, 6.07) is -0.162. The van der Waals surface area contributed by atoms with Gasteiger partial charge in [0.05, 0.1) is 12.4 Å². The maximum absolute atomic E-state index is 11.9. The van der Waals surface area contributed by atoms with Gasteiger partial charge in [-0.1, -0.05) is 6.92 Å². The molecule has 1 amide bonds. The zero-order chi connectivity index (χ0) is 13.7. The first-order valence-electron chi connectivity index (χ1n) is 6.33. The molecule has 1 N–H and O–H groups in total. The van der Waals surface area contributed by atoms with Crippen LogP contribution in [0, 0.1) is 0 Å². The van der Waals surface area contributed by atoms with Gasteiger partial charge in [0.2, 0.25) is 5.91 Å². The number of rotatable bonds is 6. The fraction of sp³-hybridized carbons (Fsp3) is 0.500. The number of hydrogen-bond acceptors (Lipinski definition) is 4. The molecule has 0 radical (unpaired) electrons. The van der Waals surface area contributed by atoms with Gasteiger partial charge in [-0.05, 0) is 13.3 Å². The lowest BCUT2D eigenvalue weighted by Crippen LogP contribution is -2.31. The standard InChI is InChI=1S/C12H18N6O/c1-3-5-18-12(14-8-15-18)10(2)16-11(19)7-17-6-4-13-9-17/h4,6,8-10H,3,5,7H2,1-2H3,(H,16,19). The van der Waals surface area contributed by atoms with Crippen molar-refractivity contribution in [3.8, 4) is 0 Å². The van der Waals surface area contributed by atoms with Crippen LogP contribution in [-0.4, -0.2) is 30.2 Å². The Hall–Kier alpha value is -2.18. The van der Waals surface area contributed by atoms with Gasteiger partial charge in [-0.3, -0.25) is 4.79 Å². The molecule has 0 spiro atoms. The highest BCUT2D eigenvalue weighted by atomic mass is 16.2. The summed E-state index contributed by atoms with van der Waals surface area (Å²) in [5.41, 5.74) is 0. The van der Waals surface area contributed by atoms with Crippen LogP contribution >= 0.6 is 0 Å². The Kier molecular flexibility index (Phi) is 4.27. The number of carbonyl (C=O) groups excluding carboxylic acids is 1. The second-order valence-corrected chi connectivity index (χ2v) is 4.37. The van der Waals surface area contributed by atoms with Gasteiger partial charge in [0.25, 0.3) is 0 Å². The Bertz CT molecular complexity index is 518. The Labute approximate surface area is 111 Å². The minimum Gasteiger partial charge on any atom is -0.345 e. The van der Waals surface area contributed by atoms with Crippen molar-refractivity contribution in [3.63, 3.8) is 0 Å². The van der Waals surface area contributed by atoms with Crippen LogP contribution in [0.4, 0.5) is 0 Å². The van der Waals surface area contributed by atoms with Crippen LogP contribution in [0.25, 0.3) is 0 Å². The quantitative estimate of drug-likeness (QED) is 0.833. The molecule has 0 saturated carbocycles. The number of hydrogen-bond donors (Lipinski definition) is 1. The summed E-state index contributed by atoms with van der Waals surface area (Å²) >= 11 is 0. The Morgan fingerprint density at radius 1 is 1.53 bits per heavy atom. The third-order valence-electron chi connectivity index (χ3n) is 2.73. The molecule has 7 nitrogen and oxygen atoms in total. The monoisotopic (exact) mass is 262 g/mol. The predicted octanol–water partition coefficient (Wildman–Crippen LogP) is 0.762. The molecule has 19 heavy (non-hydrogen) atoms. The van der Waals surface area contributed by atoms with Gasteiger partial charge in [-0.25, -0.2) is 14.6 Å². The maximum atomic E-state index is 11.9. The van der Waals surface area contributed by atoms with E-state index in [-0.39, 0.29) is 18.5 Å². The predicted molar refractivity (Wildman–Crippen MR) is 69.1 cm³/mol. The Morgan fingerprint density at radius 2 is 2.37 bits per heavy atom. The minimum atomic E-state index is -0.162. The zero-order valence-corrected chi connectivity index (χ0v) is 11.2. The zero-order valence-electron chi connectivity index (χ0n) is 11.2. The SMILES string of the molecule is CCCn1ncnc1C(C)NC(=O)Cn1ccnc1. The second kappa shape index (κ2) is 6.12. The second-order valence-electron chi connectivity index (χ2n) is 4.37. The molecule has 1 unspecified atom stereocenters. The molecule has 0 aliphatic rings. The van der Waals surface area contributed by atoms with Crippen LogP contribution in [0.15, 0.2) is 25.0 Å². The molecular formula is C12H18N6O. The van der Waals surface area contributed by atoms with E-state index in [1.807, 2.05) is 11.6 Å². The average molecular weight is 262 g/mol. The molecule has 102 valence electrons. The van der Waals surface area contributed by atoms with Gasteiger partial charge in [0, 0.05) is 18.9 Å². The molecule has 0 aliphatic carbocycles. The first-order chi connectivity index (χ1) is 9.20. The molecule has 0 aliphatic heterocycles. The Balaban J connectivity index is 1.94. The lowest BCUT2D eigenvalue weighted by molar-refractivity contribution is -0.122. The van der Waals surface area contributed by atoms with E-state index in [4.69, 9.17) is 0 Å². The summed E-state index contributed by atoms with van der Waals surface area (Å²) in [6.45, 7) is 5.04. The van der Waals surface area contributed by atoms with Crippen LogP contribution in [0.3, 0.4) is 0 Å². The van der Waals surface area contributed by atoms with E-state index in [0.29, 0.717) is 0 Å². The third kappa shape index (κ3) is 3.40. The van der Waals surface area contributed by atoms with Crippen LogP contribution in [0.2, 0.25) is 0 Å². The van der Waals surface area contributed by atoms with Crippen LogP contribution in [-0.2, 0) is 17.9 Å². The van der Waals surface area contributed by atoms with Gasteiger partial charge in [-0.2, -0.15) is 5.10 Å². The van der Waals surface area contributed by atoms with Crippen molar-refractivity contribution in [2.24, 2.45) is 0 Å². The van der Waals surface area contributed by atoms with Gasteiger partial charge in [0.1, 0.15) is 18.7 Å². The fourth-order valence-electron chi connectivity index (χ4n) is 1.89. The maximum Gasteiger partial charge on any atom is 0.240 e. The summed E-state index contributed by atoms with van der Waals surface area (Å²) in [4.78, 5) is 20.0. The largest absolute Gasteiger partial charge is 0.345 e. The number of aryl methyl sites for hydroxylation is 1. The highest BCUT2D eigenvalue weighted by molar-refractivity contribution is 5.76. The van der Waals surface area contributed by atoms with E-state index >= 15 is 0 Å². The molecule has 0 aromatic carbocycles. The highest BCUT2D eigenvalue weighted by Gasteiger charge is 2.15. The summed E-state index contributed by atoms with van der Waals surface area (Å²) in [6.07, 6.45) is 7.51. The van der Waals surface area contributed by atoms with Crippen LogP contribution in [0.1, 0.15) is 32.1 Å². The van der Waals surface area contributed by atoms with Gasteiger partial charge in [-0.15, -0.1) is 0 Å². The average Bonchev–Trinajstić information content (AvgIpc) is 3.00. The molecule has 2 aromatic heterocycles. The van der Waals surface area contributed by atoms with E-state index in [9.17, 15) is 4.79 Å². The van der Waals surface area contributed by atoms with Crippen LogP contribution < -0.4 is 5.32 Å². The molecule has 2 heterocycles. The van der Waals surface area contributed by atoms with Crippen molar-refractivity contribution in [1.82, 2.24) is 29.6 Å². The number of nitrogens with one attached hydrogen (secondary N) is 1. The van der Waals surface area contributed by atoms with Gasteiger partial charge in [0.15, 0.2) is 0 Å². The van der Waals surface area contributed by atoms with E-state index in [1.165, 1.54) is 6.33 Å². The summed E-state index contributed by atoms with van der Waals surface area (Å²) in [5.74, 6) is 0.706. The lowest BCUT2D eigenvalue weighted by Gasteiger charge is -2.14. The van der Waals surface area contributed by atoms with Crippen molar-refractivity contribution < 1.29 is 4.79 Å². The molecule has 1 atom stereocenters. The van der Waals surface area contributed by atoms with Gasteiger partial charge < -0.3 is 9.88 Å². The first kappa shape index (κ1) is 13.3. The number of imidazole rings is 1. The summed E-state index contributed by atoms with van der Waals surface area (Å²) in [7, 11) is 0. The summed E-state index contributed by atoms with van der Waals surface area (Å²) in [5, 5.41) is 7.06. The molecule has 0 bridgehead atoms. The smallest absolute Gasteiger partial charge is 0.240 e. The fourth-order valence-corrected chi connectivity index (χ4v) is 1.89. The van der Waals surface area contributed by atoms with E-state index < -0.39 is 0 Å². The number of nitrogens with zero attached hydrogens (tertiary/aromatic N) is 5. The van der Waals surface area contributed by atoms with Crippen molar-refractivity contribution in [3.05, 3.63) is 30.9 Å². The van der Waals surface area contributed by atoms with E-state index in [0.717, 1.165) is 18.8 Å². The molecule has 7 heteroatoms. The molecule has 2 rings (SSSR count). The first-order valence-corrected chi connectivity index (χ1v) is 6.33. The van der Waals surface area contributed by atoms with Crippen molar-refractivity contribution in [1.29, 1.82) is 0 Å². The van der Waals surface area contributed by atoms with E-state index in [1.54, 1.807) is 23.3 Å². The van der Waals surface area contributed by atoms with Crippen molar-refractivity contribution in [2.75, 3.05) is 0 Å². The Morgan fingerprint density at radius 3 is 3.05 bits per heavy atom. The molecule has 2 aromatic rings. The highest BCUT2D eigenvalue weighted by Crippen LogP contribution is 2.08. The normalized spacial score (nSPS) is 12.3. The molecule has 0 saturated heterocycles. The molecular weight excluding hydrogens is 244 g/mol. The number of aromatic nitrogens is 5. The summed E-state index contributed by atoms with van der Waals surface area (Å²) < 4.78 is 3.54. The number of carbonyl (C=O) groups is 1. The third-order valence-corrected chi connectivity index (χ3v) is 2.73. The van der Waals surface area contributed by atoms with E-state index in [2.05, 4.69) is 27.3 Å². The van der Waals surface area contributed by atoms with Crippen LogP contribution in [0.5, 0.6) is 0 Å². The topological polar surface area (TPSA) is 77.6 Å².